The number of Topliss-reactive ketones (excluding diaryl/α,β-unsaturated/α-hetero) is 1. The SMILES string of the molecule is CNCC(=O)c1c(O)c(Br)cc2c1CCCC2. The molecule has 0 bridgehead atoms. The smallest absolute Gasteiger partial charge is 0.180 e. The summed E-state index contributed by atoms with van der Waals surface area (Å²) in [5.74, 6) is 0.0513. The van der Waals surface area contributed by atoms with Crippen LogP contribution in [0.2, 0.25) is 0 Å². The van der Waals surface area contributed by atoms with Crippen LogP contribution in [0.1, 0.15) is 34.3 Å². The summed E-state index contributed by atoms with van der Waals surface area (Å²) in [4.78, 5) is 12.0. The van der Waals surface area contributed by atoms with Crippen molar-refractivity contribution < 1.29 is 9.90 Å². The van der Waals surface area contributed by atoms with Gasteiger partial charge in [-0.1, -0.05) is 0 Å². The molecule has 0 amide bonds. The van der Waals surface area contributed by atoms with E-state index in [2.05, 4.69) is 21.2 Å². The molecule has 4 heteroatoms. The zero-order valence-corrected chi connectivity index (χ0v) is 11.4. The van der Waals surface area contributed by atoms with Crippen LogP contribution in [0.5, 0.6) is 5.75 Å². The van der Waals surface area contributed by atoms with Crippen molar-refractivity contribution in [2.75, 3.05) is 13.6 Å². The second kappa shape index (κ2) is 5.19. The number of nitrogens with one attached hydrogen (secondary N) is 1. The van der Waals surface area contributed by atoms with Crippen molar-refractivity contribution in [1.29, 1.82) is 0 Å². The Labute approximate surface area is 109 Å². The summed E-state index contributed by atoms with van der Waals surface area (Å²) in [5, 5.41) is 12.9. The number of carbonyl (C=O) groups excluding carboxylic acids is 1. The Kier molecular flexibility index (Phi) is 3.84. The third kappa shape index (κ3) is 2.38. The van der Waals surface area contributed by atoms with Gasteiger partial charge in [0.25, 0.3) is 0 Å². The zero-order chi connectivity index (χ0) is 12.4. The Balaban J connectivity index is 2.54. The number of rotatable bonds is 3. The molecule has 0 spiro atoms. The fourth-order valence-corrected chi connectivity index (χ4v) is 2.88. The van der Waals surface area contributed by atoms with Gasteiger partial charge in [0.05, 0.1) is 16.6 Å². The minimum atomic E-state index is -0.0375. The number of benzene rings is 1. The highest BCUT2D eigenvalue weighted by Gasteiger charge is 2.23. The second-order valence-electron chi connectivity index (χ2n) is 4.38. The Morgan fingerprint density at radius 3 is 2.88 bits per heavy atom. The lowest BCUT2D eigenvalue weighted by Gasteiger charge is -2.20. The molecule has 0 unspecified atom stereocenters. The summed E-state index contributed by atoms with van der Waals surface area (Å²) in [6.07, 6.45) is 4.13. The first-order valence-corrected chi connectivity index (χ1v) is 6.65. The van der Waals surface area contributed by atoms with Crippen LogP contribution in [0.15, 0.2) is 10.5 Å². The van der Waals surface area contributed by atoms with Crippen LogP contribution in [0, 0.1) is 0 Å². The first kappa shape index (κ1) is 12.6. The van der Waals surface area contributed by atoms with E-state index < -0.39 is 0 Å². The van der Waals surface area contributed by atoms with Crippen molar-refractivity contribution >= 4 is 21.7 Å². The number of hydrogen-bond donors (Lipinski definition) is 2. The summed E-state index contributed by atoms with van der Waals surface area (Å²) in [6.45, 7) is 0.260. The molecule has 0 fully saturated rings. The molecule has 0 heterocycles. The predicted molar refractivity (Wildman–Crippen MR) is 70.7 cm³/mol. The van der Waals surface area contributed by atoms with E-state index in [0.29, 0.717) is 10.0 Å². The van der Waals surface area contributed by atoms with Crippen LogP contribution in [0.25, 0.3) is 0 Å². The fourth-order valence-electron chi connectivity index (χ4n) is 2.41. The summed E-state index contributed by atoms with van der Waals surface area (Å²) < 4.78 is 0.623. The van der Waals surface area contributed by atoms with E-state index >= 15 is 0 Å². The average molecular weight is 298 g/mol. The molecular weight excluding hydrogens is 282 g/mol. The minimum Gasteiger partial charge on any atom is -0.506 e. The molecular formula is C13H16BrNO2. The van der Waals surface area contributed by atoms with Crippen molar-refractivity contribution in [2.45, 2.75) is 25.7 Å². The molecule has 2 N–H and O–H groups in total. The number of ketones is 1. The topological polar surface area (TPSA) is 49.3 Å². The predicted octanol–water partition coefficient (Wildman–Crippen LogP) is 2.44. The Morgan fingerprint density at radius 1 is 1.47 bits per heavy atom. The highest BCUT2D eigenvalue weighted by Crippen LogP contribution is 2.36. The average Bonchev–Trinajstić information content (AvgIpc) is 2.31. The molecule has 2 rings (SSSR count). The van der Waals surface area contributed by atoms with Gasteiger partial charge in [-0.25, -0.2) is 0 Å². The quantitative estimate of drug-likeness (QED) is 0.843. The molecule has 1 aliphatic rings. The molecule has 92 valence electrons. The van der Waals surface area contributed by atoms with Crippen LogP contribution in [-0.4, -0.2) is 24.5 Å². The normalized spacial score (nSPS) is 14.5. The van der Waals surface area contributed by atoms with E-state index in [-0.39, 0.29) is 18.1 Å². The summed E-state index contributed by atoms with van der Waals surface area (Å²) in [6, 6.07) is 1.94. The van der Waals surface area contributed by atoms with Crippen LogP contribution < -0.4 is 5.32 Å². The Morgan fingerprint density at radius 2 is 2.18 bits per heavy atom. The van der Waals surface area contributed by atoms with Crippen LogP contribution in [0.4, 0.5) is 0 Å². The molecule has 0 saturated heterocycles. The fraction of sp³-hybridized carbons (Fsp3) is 0.462. The number of likely N-dealkylation sites (N-methyl/N-ethyl adjacent to an activating group) is 1. The highest BCUT2D eigenvalue weighted by atomic mass is 79.9. The molecule has 1 aromatic carbocycles. The van der Waals surface area contributed by atoms with E-state index in [4.69, 9.17) is 0 Å². The third-order valence-electron chi connectivity index (χ3n) is 3.19. The van der Waals surface area contributed by atoms with Crippen molar-refractivity contribution in [3.63, 3.8) is 0 Å². The second-order valence-corrected chi connectivity index (χ2v) is 5.23. The maximum Gasteiger partial charge on any atom is 0.180 e. The van der Waals surface area contributed by atoms with Crippen LogP contribution in [0.3, 0.4) is 0 Å². The molecule has 0 atom stereocenters. The molecule has 0 radical (unpaired) electrons. The van der Waals surface area contributed by atoms with Gasteiger partial charge in [-0.05, 0) is 65.9 Å². The summed E-state index contributed by atoms with van der Waals surface area (Å²) in [5.41, 5.74) is 2.74. The number of fused-ring (bicyclic) bond motifs is 1. The van der Waals surface area contributed by atoms with Crippen molar-refractivity contribution in [3.8, 4) is 5.75 Å². The number of halogens is 1. The van der Waals surface area contributed by atoms with Crippen LogP contribution in [-0.2, 0) is 12.8 Å². The number of aromatic hydroxyl groups is 1. The first-order chi connectivity index (χ1) is 8.15. The van der Waals surface area contributed by atoms with Crippen molar-refractivity contribution in [2.24, 2.45) is 0 Å². The maximum atomic E-state index is 12.0. The van der Waals surface area contributed by atoms with E-state index in [9.17, 15) is 9.90 Å². The summed E-state index contributed by atoms with van der Waals surface area (Å²) in [7, 11) is 1.74. The van der Waals surface area contributed by atoms with Gasteiger partial charge >= 0.3 is 0 Å². The molecule has 3 nitrogen and oxygen atoms in total. The molecule has 17 heavy (non-hydrogen) atoms. The first-order valence-electron chi connectivity index (χ1n) is 5.86. The van der Waals surface area contributed by atoms with Gasteiger partial charge in [-0.2, -0.15) is 0 Å². The van der Waals surface area contributed by atoms with E-state index in [1.54, 1.807) is 7.05 Å². The Bertz CT molecular complexity index is 457. The van der Waals surface area contributed by atoms with E-state index in [1.165, 1.54) is 5.56 Å². The van der Waals surface area contributed by atoms with Gasteiger partial charge in [0.1, 0.15) is 5.75 Å². The van der Waals surface area contributed by atoms with Gasteiger partial charge in [-0.3, -0.25) is 4.79 Å². The molecule has 1 aromatic rings. The lowest BCUT2D eigenvalue weighted by Crippen LogP contribution is -2.21. The van der Waals surface area contributed by atoms with Gasteiger partial charge in [-0.15, -0.1) is 0 Å². The number of aryl methyl sites for hydroxylation is 1. The molecule has 0 aromatic heterocycles. The van der Waals surface area contributed by atoms with Gasteiger partial charge in [0.15, 0.2) is 5.78 Å². The third-order valence-corrected chi connectivity index (χ3v) is 3.80. The van der Waals surface area contributed by atoms with Crippen molar-refractivity contribution in [3.05, 3.63) is 27.2 Å². The van der Waals surface area contributed by atoms with Gasteiger partial charge in [0.2, 0.25) is 0 Å². The monoisotopic (exact) mass is 297 g/mol. The number of hydrogen-bond acceptors (Lipinski definition) is 3. The van der Waals surface area contributed by atoms with Crippen LogP contribution >= 0.6 is 15.9 Å². The number of phenols is 1. The maximum absolute atomic E-state index is 12.0. The zero-order valence-electron chi connectivity index (χ0n) is 9.85. The van der Waals surface area contributed by atoms with E-state index in [1.807, 2.05) is 6.07 Å². The largest absolute Gasteiger partial charge is 0.506 e. The van der Waals surface area contributed by atoms with Gasteiger partial charge < -0.3 is 10.4 Å². The molecule has 0 aliphatic heterocycles. The molecule has 1 aliphatic carbocycles. The highest BCUT2D eigenvalue weighted by molar-refractivity contribution is 9.10. The van der Waals surface area contributed by atoms with Crippen molar-refractivity contribution in [1.82, 2.24) is 5.32 Å². The minimum absolute atomic E-state index is 0.0375. The number of carbonyl (C=O) groups is 1. The lowest BCUT2D eigenvalue weighted by atomic mass is 9.86. The van der Waals surface area contributed by atoms with Gasteiger partial charge in [0, 0.05) is 0 Å². The molecule has 0 saturated carbocycles. The lowest BCUT2D eigenvalue weighted by molar-refractivity contribution is 0.0989. The number of phenolic OH excluding ortho intramolecular Hbond substituents is 1. The van der Waals surface area contributed by atoms with E-state index in [0.717, 1.165) is 31.2 Å². The summed E-state index contributed by atoms with van der Waals surface area (Å²) >= 11 is 3.32. The Hall–Kier alpha value is -0.870. The standard InChI is InChI=1S/C13H16BrNO2/c1-15-7-11(16)12-9-5-3-2-4-8(9)6-10(14)13(12)17/h6,15,17H,2-5,7H2,1H3.